The van der Waals surface area contributed by atoms with Crippen LogP contribution in [0, 0.1) is 13.8 Å². The van der Waals surface area contributed by atoms with Gasteiger partial charge in [0.1, 0.15) is 0 Å². The van der Waals surface area contributed by atoms with Crippen molar-refractivity contribution < 1.29 is 14.6 Å². The number of carbonyl (C=O) groups excluding carboxylic acids is 1. The van der Waals surface area contributed by atoms with Crippen LogP contribution in [0.25, 0.3) is 5.69 Å². The minimum atomic E-state index is -1.56. The van der Waals surface area contributed by atoms with E-state index in [2.05, 4.69) is 10.3 Å². The van der Waals surface area contributed by atoms with Crippen molar-refractivity contribution in [3.8, 4) is 5.69 Å². The maximum Gasteiger partial charge on any atom is 0.258 e. The number of aromatic nitrogens is 2. The number of aliphatic hydroxyl groups is 1. The van der Waals surface area contributed by atoms with Crippen molar-refractivity contribution in [2.75, 3.05) is 19.0 Å². The van der Waals surface area contributed by atoms with Gasteiger partial charge in [0.25, 0.3) is 5.91 Å². The molecule has 0 saturated carbocycles. The molecule has 1 aromatic carbocycles. The molecule has 0 saturated heterocycles. The molecule has 0 fully saturated rings. The fourth-order valence-corrected chi connectivity index (χ4v) is 2.08. The average Bonchev–Trinajstić information content (AvgIpc) is 2.80. The van der Waals surface area contributed by atoms with Gasteiger partial charge in [-0.15, -0.1) is 0 Å². The molecule has 22 heavy (non-hydrogen) atoms. The molecule has 1 unspecified atom stereocenters. The lowest BCUT2D eigenvalue weighted by atomic mass is 10.1. The summed E-state index contributed by atoms with van der Waals surface area (Å²) in [7, 11) is 1.44. The molecule has 6 heteroatoms. The number of hydrogen-bond acceptors (Lipinski definition) is 4. The van der Waals surface area contributed by atoms with Crippen LogP contribution in [0.4, 0.5) is 5.69 Å². The minimum Gasteiger partial charge on any atom is -0.381 e. The molecule has 0 aliphatic heterocycles. The lowest BCUT2D eigenvalue weighted by Crippen LogP contribution is -2.43. The summed E-state index contributed by atoms with van der Waals surface area (Å²) in [5.74, 6) is -0.503. The number of methoxy groups -OCH3 is 1. The predicted octanol–water partition coefficient (Wildman–Crippen LogP) is 1.83. The second kappa shape index (κ2) is 6.29. The van der Waals surface area contributed by atoms with E-state index in [1.165, 1.54) is 14.0 Å². The first kappa shape index (κ1) is 16.2. The molecule has 6 nitrogen and oxygen atoms in total. The highest BCUT2D eigenvalue weighted by Gasteiger charge is 2.30. The van der Waals surface area contributed by atoms with E-state index in [4.69, 9.17) is 4.74 Å². The summed E-state index contributed by atoms with van der Waals surface area (Å²) in [6.45, 7) is 5.31. The molecule has 0 spiro atoms. The molecule has 0 radical (unpaired) electrons. The molecular formula is C16H21N3O3. The van der Waals surface area contributed by atoms with E-state index in [1.54, 1.807) is 18.5 Å². The molecule has 0 aliphatic rings. The van der Waals surface area contributed by atoms with Crippen molar-refractivity contribution in [1.29, 1.82) is 0 Å². The average molecular weight is 303 g/mol. The second-order valence-electron chi connectivity index (χ2n) is 5.49. The third-order valence-corrected chi connectivity index (χ3v) is 3.57. The molecule has 1 amide bonds. The van der Waals surface area contributed by atoms with E-state index in [0.29, 0.717) is 5.69 Å². The summed E-state index contributed by atoms with van der Waals surface area (Å²) in [4.78, 5) is 16.2. The zero-order chi connectivity index (χ0) is 16.3. The number of hydrogen-bond donors (Lipinski definition) is 2. The Morgan fingerprint density at radius 3 is 2.50 bits per heavy atom. The molecule has 2 rings (SSSR count). The van der Waals surface area contributed by atoms with Gasteiger partial charge in [0.15, 0.2) is 5.60 Å². The van der Waals surface area contributed by atoms with Gasteiger partial charge in [0, 0.05) is 24.2 Å². The number of nitrogens with zero attached hydrogens (tertiary/aromatic N) is 2. The lowest BCUT2D eigenvalue weighted by Gasteiger charge is -2.21. The predicted molar refractivity (Wildman–Crippen MR) is 84.2 cm³/mol. The van der Waals surface area contributed by atoms with Crippen LogP contribution in [-0.2, 0) is 9.53 Å². The topological polar surface area (TPSA) is 76.4 Å². The number of amides is 1. The fraction of sp³-hybridized carbons (Fsp3) is 0.375. The van der Waals surface area contributed by atoms with Gasteiger partial charge in [-0.2, -0.15) is 0 Å². The van der Waals surface area contributed by atoms with E-state index in [-0.39, 0.29) is 6.61 Å². The van der Waals surface area contributed by atoms with Crippen LogP contribution in [0.2, 0.25) is 0 Å². The third-order valence-electron chi connectivity index (χ3n) is 3.57. The molecule has 2 aromatic rings. The normalized spacial score (nSPS) is 13.7. The molecule has 0 bridgehead atoms. The Bertz CT molecular complexity index is 660. The summed E-state index contributed by atoms with van der Waals surface area (Å²) in [5.41, 5.74) is 2.05. The summed E-state index contributed by atoms with van der Waals surface area (Å²) in [6, 6.07) is 7.33. The van der Waals surface area contributed by atoms with Gasteiger partial charge in [-0.3, -0.25) is 4.79 Å². The van der Waals surface area contributed by atoms with Gasteiger partial charge in [-0.25, -0.2) is 4.98 Å². The molecule has 118 valence electrons. The van der Waals surface area contributed by atoms with Crippen LogP contribution in [-0.4, -0.2) is 39.9 Å². The highest BCUT2D eigenvalue weighted by molar-refractivity contribution is 5.97. The van der Waals surface area contributed by atoms with E-state index >= 15 is 0 Å². The Kier molecular flexibility index (Phi) is 4.63. The fourth-order valence-electron chi connectivity index (χ4n) is 2.08. The quantitative estimate of drug-likeness (QED) is 0.883. The van der Waals surface area contributed by atoms with E-state index < -0.39 is 11.5 Å². The zero-order valence-electron chi connectivity index (χ0n) is 13.3. The van der Waals surface area contributed by atoms with Crippen molar-refractivity contribution in [3.05, 3.63) is 42.0 Å². The first-order valence-corrected chi connectivity index (χ1v) is 6.99. The Morgan fingerprint density at radius 1 is 1.36 bits per heavy atom. The van der Waals surface area contributed by atoms with Crippen LogP contribution < -0.4 is 5.32 Å². The molecule has 1 aromatic heterocycles. The molecule has 2 N–H and O–H groups in total. The zero-order valence-corrected chi connectivity index (χ0v) is 13.3. The minimum absolute atomic E-state index is 0.0651. The summed E-state index contributed by atoms with van der Waals surface area (Å²) >= 11 is 0. The summed E-state index contributed by atoms with van der Waals surface area (Å²) < 4.78 is 6.81. The largest absolute Gasteiger partial charge is 0.381 e. The van der Waals surface area contributed by atoms with E-state index in [1.807, 2.05) is 30.5 Å². The standard InChI is InChI=1S/C16H21N3O3/c1-11-12(2)19(10-17-11)14-7-5-13(6-8-14)18-15(20)16(3,21)9-22-4/h5-8,10,21H,9H2,1-4H3,(H,18,20). The smallest absolute Gasteiger partial charge is 0.258 e. The van der Waals surface area contributed by atoms with Crippen molar-refractivity contribution >= 4 is 11.6 Å². The second-order valence-corrected chi connectivity index (χ2v) is 5.49. The highest BCUT2D eigenvalue weighted by atomic mass is 16.5. The van der Waals surface area contributed by atoms with E-state index in [0.717, 1.165) is 17.1 Å². The molecule has 0 aliphatic carbocycles. The number of carbonyl (C=O) groups is 1. The van der Waals surface area contributed by atoms with Crippen LogP contribution in [0.5, 0.6) is 0 Å². The maximum atomic E-state index is 12.0. The monoisotopic (exact) mass is 303 g/mol. The Hall–Kier alpha value is -2.18. The van der Waals surface area contributed by atoms with Gasteiger partial charge in [-0.1, -0.05) is 0 Å². The number of ether oxygens (including phenoxy) is 1. The Balaban J connectivity index is 2.13. The van der Waals surface area contributed by atoms with Crippen molar-refractivity contribution in [2.24, 2.45) is 0 Å². The number of anilines is 1. The maximum absolute atomic E-state index is 12.0. The third kappa shape index (κ3) is 3.35. The van der Waals surface area contributed by atoms with Crippen LogP contribution >= 0.6 is 0 Å². The highest BCUT2D eigenvalue weighted by Crippen LogP contribution is 2.18. The van der Waals surface area contributed by atoms with Gasteiger partial charge >= 0.3 is 0 Å². The van der Waals surface area contributed by atoms with Crippen LogP contribution in [0.1, 0.15) is 18.3 Å². The van der Waals surface area contributed by atoms with Gasteiger partial charge in [-0.05, 0) is 45.0 Å². The Morgan fingerprint density at radius 2 is 2.00 bits per heavy atom. The number of aryl methyl sites for hydroxylation is 1. The number of nitrogens with one attached hydrogen (secondary N) is 1. The molecule has 1 atom stereocenters. The van der Waals surface area contributed by atoms with Crippen molar-refractivity contribution in [3.63, 3.8) is 0 Å². The summed E-state index contributed by atoms with van der Waals surface area (Å²) in [6.07, 6.45) is 1.77. The number of benzene rings is 1. The molecular weight excluding hydrogens is 282 g/mol. The van der Waals surface area contributed by atoms with E-state index in [9.17, 15) is 9.90 Å². The van der Waals surface area contributed by atoms with Crippen LogP contribution in [0.15, 0.2) is 30.6 Å². The summed E-state index contributed by atoms with van der Waals surface area (Å²) in [5, 5.41) is 12.6. The van der Waals surface area contributed by atoms with Crippen molar-refractivity contribution in [2.45, 2.75) is 26.4 Å². The number of rotatable bonds is 5. The lowest BCUT2D eigenvalue weighted by molar-refractivity contribution is -0.137. The van der Waals surface area contributed by atoms with Crippen LogP contribution in [0.3, 0.4) is 0 Å². The first-order valence-electron chi connectivity index (χ1n) is 6.99. The first-order chi connectivity index (χ1) is 10.3. The van der Waals surface area contributed by atoms with Gasteiger partial charge in [0.2, 0.25) is 0 Å². The molecule has 1 heterocycles. The Labute approximate surface area is 129 Å². The van der Waals surface area contributed by atoms with Gasteiger partial charge in [0.05, 0.1) is 18.6 Å². The SMILES string of the molecule is COCC(C)(O)C(=O)Nc1ccc(-n2cnc(C)c2C)cc1. The van der Waals surface area contributed by atoms with Crippen molar-refractivity contribution in [1.82, 2.24) is 9.55 Å². The number of imidazole rings is 1. The van der Waals surface area contributed by atoms with Gasteiger partial charge < -0.3 is 19.7 Å².